The highest BCUT2D eigenvalue weighted by Gasteiger charge is 2.14. The van der Waals surface area contributed by atoms with E-state index in [-0.39, 0.29) is 22.8 Å². The Hall–Kier alpha value is -2.96. The van der Waals surface area contributed by atoms with E-state index < -0.39 is 4.92 Å². The number of amides is 1. The first-order chi connectivity index (χ1) is 9.99. The zero-order chi connectivity index (χ0) is 15.4. The summed E-state index contributed by atoms with van der Waals surface area (Å²) in [4.78, 5) is 26.1. The van der Waals surface area contributed by atoms with Gasteiger partial charge in [0, 0.05) is 30.6 Å². The fourth-order valence-corrected chi connectivity index (χ4v) is 1.84. The minimum Gasteiger partial charge on any atom is -0.393 e. The molecule has 0 saturated carbocycles. The number of nitro benzene ring substituents is 1. The molecule has 0 aliphatic carbocycles. The van der Waals surface area contributed by atoms with Gasteiger partial charge in [-0.2, -0.15) is 0 Å². The van der Waals surface area contributed by atoms with Crippen molar-refractivity contribution in [1.82, 2.24) is 10.3 Å². The zero-order valence-electron chi connectivity index (χ0n) is 11.4. The predicted octanol–water partition coefficient (Wildman–Crippen LogP) is 1.81. The third-order valence-electron chi connectivity index (χ3n) is 3.06. The van der Waals surface area contributed by atoms with Crippen molar-refractivity contribution in [3.8, 4) is 0 Å². The lowest BCUT2D eigenvalue weighted by Crippen LogP contribution is -2.23. The number of aryl methyl sites for hydroxylation is 1. The van der Waals surface area contributed by atoms with E-state index in [4.69, 9.17) is 5.73 Å². The standard InChI is InChI=1S/C14H14N4O3/c1-9-7-16-5-4-11(9)8-17-14(19)10-2-3-13(18(20)21)12(15)6-10/h2-7H,8,15H2,1H3,(H,17,19). The number of nitro groups is 1. The Kier molecular flexibility index (Phi) is 4.13. The molecule has 1 heterocycles. The second-order valence-electron chi connectivity index (χ2n) is 4.52. The first kappa shape index (κ1) is 14.4. The molecule has 108 valence electrons. The van der Waals surface area contributed by atoms with Crippen molar-refractivity contribution in [2.45, 2.75) is 13.5 Å². The Morgan fingerprint density at radius 1 is 1.43 bits per heavy atom. The van der Waals surface area contributed by atoms with Crippen molar-refractivity contribution in [3.63, 3.8) is 0 Å². The number of benzene rings is 1. The molecule has 0 atom stereocenters. The second kappa shape index (κ2) is 6.00. The maximum absolute atomic E-state index is 12.0. The van der Waals surface area contributed by atoms with Crippen LogP contribution in [-0.4, -0.2) is 15.8 Å². The predicted molar refractivity (Wildman–Crippen MR) is 77.7 cm³/mol. The maximum Gasteiger partial charge on any atom is 0.292 e. The van der Waals surface area contributed by atoms with Crippen LogP contribution in [0.2, 0.25) is 0 Å². The van der Waals surface area contributed by atoms with Gasteiger partial charge in [-0.05, 0) is 36.2 Å². The first-order valence-corrected chi connectivity index (χ1v) is 6.20. The van der Waals surface area contributed by atoms with Crippen LogP contribution in [0.4, 0.5) is 11.4 Å². The van der Waals surface area contributed by atoms with Gasteiger partial charge in [0.25, 0.3) is 11.6 Å². The molecular formula is C14H14N4O3. The third-order valence-corrected chi connectivity index (χ3v) is 3.06. The van der Waals surface area contributed by atoms with Crippen LogP contribution in [0.15, 0.2) is 36.7 Å². The number of carbonyl (C=O) groups excluding carboxylic acids is 1. The van der Waals surface area contributed by atoms with Crippen molar-refractivity contribution in [3.05, 3.63) is 63.5 Å². The van der Waals surface area contributed by atoms with Gasteiger partial charge in [-0.3, -0.25) is 19.9 Å². The Labute approximate surface area is 121 Å². The minimum atomic E-state index is -0.586. The van der Waals surface area contributed by atoms with Gasteiger partial charge in [0.05, 0.1) is 4.92 Å². The van der Waals surface area contributed by atoms with Gasteiger partial charge in [0.1, 0.15) is 5.69 Å². The third kappa shape index (κ3) is 3.33. The van der Waals surface area contributed by atoms with Crippen LogP contribution in [0.5, 0.6) is 0 Å². The fourth-order valence-electron chi connectivity index (χ4n) is 1.84. The smallest absolute Gasteiger partial charge is 0.292 e. The van der Waals surface area contributed by atoms with Crippen LogP contribution in [0.25, 0.3) is 0 Å². The molecule has 0 saturated heterocycles. The van der Waals surface area contributed by atoms with Crippen LogP contribution in [-0.2, 0) is 6.54 Å². The molecule has 1 aromatic carbocycles. The monoisotopic (exact) mass is 286 g/mol. The molecular weight excluding hydrogens is 272 g/mol. The average Bonchev–Trinajstić information content (AvgIpc) is 2.45. The lowest BCUT2D eigenvalue weighted by molar-refractivity contribution is -0.383. The van der Waals surface area contributed by atoms with Crippen LogP contribution in [0, 0.1) is 17.0 Å². The molecule has 7 heteroatoms. The largest absolute Gasteiger partial charge is 0.393 e. The number of carbonyl (C=O) groups is 1. The van der Waals surface area contributed by atoms with Gasteiger partial charge in [0.15, 0.2) is 0 Å². The molecule has 7 nitrogen and oxygen atoms in total. The molecule has 0 bridgehead atoms. The lowest BCUT2D eigenvalue weighted by Gasteiger charge is -2.08. The number of anilines is 1. The van der Waals surface area contributed by atoms with Crippen LogP contribution >= 0.6 is 0 Å². The van der Waals surface area contributed by atoms with Crippen LogP contribution in [0.3, 0.4) is 0 Å². The van der Waals surface area contributed by atoms with Crippen molar-refractivity contribution >= 4 is 17.3 Å². The Balaban J connectivity index is 2.09. The number of hydrogen-bond donors (Lipinski definition) is 2. The fraction of sp³-hybridized carbons (Fsp3) is 0.143. The number of aromatic nitrogens is 1. The normalized spacial score (nSPS) is 10.1. The van der Waals surface area contributed by atoms with Gasteiger partial charge in [0.2, 0.25) is 0 Å². The van der Waals surface area contributed by atoms with E-state index in [0.717, 1.165) is 11.1 Å². The molecule has 2 rings (SSSR count). The summed E-state index contributed by atoms with van der Waals surface area (Å²) in [7, 11) is 0. The quantitative estimate of drug-likeness (QED) is 0.506. The Morgan fingerprint density at radius 2 is 2.19 bits per heavy atom. The number of nitrogens with one attached hydrogen (secondary N) is 1. The minimum absolute atomic E-state index is 0.0345. The molecule has 0 aliphatic rings. The summed E-state index contributed by atoms with van der Waals surface area (Å²) in [5.41, 5.74) is 7.52. The number of nitrogens with zero attached hydrogens (tertiary/aromatic N) is 2. The maximum atomic E-state index is 12.0. The molecule has 1 amide bonds. The van der Waals surface area contributed by atoms with Crippen molar-refractivity contribution < 1.29 is 9.72 Å². The lowest BCUT2D eigenvalue weighted by atomic mass is 10.1. The molecule has 0 fully saturated rings. The van der Waals surface area contributed by atoms with Gasteiger partial charge in [-0.25, -0.2) is 0 Å². The summed E-state index contributed by atoms with van der Waals surface area (Å²) in [6.07, 6.45) is 3.36. The number of nitrogen functional groups attached to an aromatic ring is 1. The molecule has 0 unspecified atom stereocenters. The molecule has 2 aromatic rings. The summed E-state index contributed by atoms with van der Waals surface area (Å²) in [6, 6.07) is 5.72. The summed E-state index contributed by atoms with van der Waals surface area (Å²) in [5, 5.41) is 13.4. The highest BCUT2D eigenvalue weighted by Crippen LogP contribution is 2.22. The molecule has 0 aliphatic heterocycles. The van der Waals surface area contributed by atoms with Gasteiger partial charge in [-0.15, -0.1) is 0 Å². The van der Waals surface area contributed by atoms with Crippen molar-refractivity contribution in [2.24, 2.45) is 0 Å². The van der Waals surface area contributed by atoms with Crippen LogP contribution in [0.1, 0.15) is 21.5 Å². The van der Waals surface area contributed by atoms with E-state index in [1.165, 1.54) is 18.2 Å². The number of nitrogens with two attached hydrogens (primary N) is 1. The van der Waals surface area contributed by atoms with E-state index in [2.05, 4.69) is 10.3 Å². The highest BCUT2D eigenvalue weighted by atomic mass is 16.6. The van der Waals surface area contributed by atoms with E-state index in [1.807, 2.05) is 13.0 Å². The van der Waals surface area contributed by atoms with E-state index in [1.54, 1.807) is 12.4 Å². The Morgan fingerprint density at radius 3 is 2.81 bits per heavy atom. The molecule has 0 spiro atoms. The molecule has 21 heavy (non-hydrogen) atoms. The SMILES string of the molecule is Cc1cnccc1CNC(=O)c1ccc([N+](=O)[O-])c(N)c1. The highest BCUT2D eigenvalue weighted by molar-refractivity contribution is 5.95. The summed E-state index contributed by atoms with van der Waals surface area (Å²) in [5.74, 6) is -0.340. The van der Waals surface area contributed by atoms with Gasteiger partial charge >= 0.3 is 0 Å². The molecule has 1 aromatic heterocycles. The average molecular weight is 286 g/mol. The Bertz CT molecular complexity index is 700. The van der Waals surface area contributed by atoms with E-state index in [9.17, 15) is 14.9 Å². The van der Waals surface area contributed by atoms with E-state index in [0.29, 0.717) is 6.54 Å². The van der Waals surface area contributed by atoms with Gasteiger partial charge in [-0.1, -0.05) is 0 Å². The summed E-state index contributed by atoms with van der Waals surface area (Å²) >= 11 is 0. The van der Waals surface area contributed by atoms with Crippen molar-refractivity contribution in [1.29, 1.82) is 0 Å². The summed E-state index contributed by atoms with van der Waals surface area (Å²) < 4.78 is 0. The molecule has 3 N–H and O–H groups in total. The number of rotatable bonds is 4. The first-order valence-electron chi connectivity index (χ1n) is 6.20. The van der Waals surface area contributed by atoms with Gasteiger partial charge < -0.3 is 11.1 Å². The summed E-state index contributed by atoms with van der Waals surface area (Å²) in [6.45, 7) is 2.25. The number of hydrogen-bond acceptors (Lipinski definition) is 5. The number of pyridine rings is 1. The van der Waals surface area contributed by atoms with Crippen molar-refractivity contribution in [2.75, 3.05) is 5.73 Å². The second-order valence-corrected chi connectivity index (χ2v) is 4.52. The topological polar surface area (TPSA) is 111 Å². The zero-order valence-corrected chi connectivity index (χ0v) is 11.4. The molecule has 0 radical (unpaired) electrons. The van der Waals surface area contributed by atoms with Crippen LogP contribution < -0.4 is 11.1 Å². The van der Waals surface area contributed by atoms with E-state index >= 15 is 0 Å².